The standard InChI is InChI=1S/C23H31N5O5S/c1-17-15-18-3-8-21(34(30,31)26(2)9-14-33-24)16-22(18)28(17)23(29)25-19-4-6-20(7-5-19)27-10-12-32-13-11-27/h3-8,16-17H,9-15,24H2,1-2H3,(H,25,29). The number of nitrogens with zero attached hydrogens (tertiary/aromatic N) is 3. The molecule has 2 aliphatic rings. The van der Waals surface area contributed by atoms with E-state index in [9.17, 15) is 13.2 Å². The second-order valence-electron chi connectivity index (χ2n) is 8.49. The number of carbonyl (C=O) groups is 1. The van der Waals surface area contributed by atoms with Crippen LogP contribution in [0.2, 0.25) is 0 Å². The van der Waals surface area contributed by atoms with Crippen molar-refractivity contribution in [1.82, 2.24) is 4.31 Å². The number of fused-ring (bicyclic) bond motifs is 1. The lowest BCUT2D eigenvalue weighted by Crippen LogP contribution is -2.39. The lowest BCUT2D eigenvalue weighted by Gasteiger charge is -2.29. The second kappa shape index (κ2) is 10.3. The van der Waals surface area contributed by atoms with Crippen LogP contribution in [0, 0.1) is 0 Å². The highest BCUT2D eigenvalue weighted by Crippen LogP contribution is 2.35. The van der Waals surface area contributed by atoms with Gasteiger partial charge in [-0.15, -0.1) is 0 Å². The van der Waals surface area contributed by atoms with Crippen LogP contribution in [0.25, 0.3) is 0 Å². The Morgan fingerprint density at radius 1 is 1.21 bits per heavy atom. The summed E-state index contributed by atoms with van der Waals surface area (Å²) in [5.41, 5.74) is 3.28. The van der Waals surface area contributed by atoms with Crippen molar-refractivity contribution in [2.75, 3.05) is 61.6 Å². The number of ether oxygens (including phenoxy) is 1. The fourth-order valence-electron chi connectivity index (χ4n) is 4.30. The third-order valence-electron chi connectivity index (χ3n) is 6.22. The van der Waals surface area contributed by atoms with Crippen molar-refractivity contribution < 1.29 is 22.8 Å². The van der Waals surface area contributed by atoms with E-state index in [1.807, 2.05) is 31.2 Å². The van der Waals surface area contributed by atoms with Gasteiger partial charge in [0, 0.05) is 44.1 Å². The van der Waals surface area contributed by atoms with Crippen molar-refractivity contribution in [2.24, 2.45) is 5.90 Å². The molecule has 2 heterocycles. The van der Waals surface area contributed by atoms with Gasteiger partial charge in [0.05, 0.1) is 30.4 Å². The molecule has 0 radical (unpaired) electrons. The van der Waals surface area contributed by atoms with Crippen LogP contribution in [-0.2, 0) is 26.0 Å². The van der Waals surface area contributed by atoms with Gasteiger partial charge < -0.3 is 19.8 Å². The van der Waals surface area contributed by atoms with Crippen molar-refractivity contribution >= 4 is 33.1 Å². The Morgan fingerprint density at radius 3 is 2.59 bits per heavy atom. The highest BCUT2D eigenvalue weighted by molar-refractivity contribution is 7.89. The van der Waals surface area contributed by atoms with E-state index in [1.54, 1.807) is 23.1 Å². The number of rotatable bonds is 7. The first kappa shape index (κ1) is 24.4. The first-order chi connectivity index (χ1) is 16.3. The highest BCUT2D eigenvalue weighted by atomic mass is 32.2. The number of nitrogens with one attached hydrogen (secondary N) is 1. The molecule has 1 atom stereocenters. The van der Waals surface area contributed by atoms with Crippen LogP contribution in [0.15, 0.2) is 47.4 Å². The Bertz CT molecular complexity index is 1120. The summed E-state index contributed by atoms with van der Waals surface area (Å²) in [5, 5.41) is 2.95. The molecule has 10 nitrogen and oxygen atoms in total. The molecule has 1 fully saturated rings. The average molecular weight is 490 g/mol. The maximum absolute atomic E-state index is 13.2. The monoisotopic (exact) mass is 489 g/mol. The number of likely N-dealkylation sites (N-methyl/N-ethyl adjacent to an activating group) is 1. The van der Waals surface area contributed by atoms with E-state index in [0.29, 0.717) is 31.0 Å². The van der Waals surface area contributed by atoms with Crippen LogP contribution in [0.5, 0.6) is 0 Å². The predicted molar refractivity (Wildman–Crippen MR) is 131 cm³/mol. The molecule has 34 heavy (non-hydrogen) atoms. The number of urea groups is 1. The van der Waals surface area contributed by atoms with Gasteiger partial charge in [0.15, 0.2) is 0 Å². The summed E-state index contributed by atoms with van der Waals surface area (Å²) in [6.07, 6.45) is 0.649. The molecule has 184 valence electrons. The first-order valence-corrected chi connectivity index (χ1v) is 12.7. The van der Waals surface area contributed by atoms with Gasteiger partial charge in [-0.25, -0.2) is 19.1 Å². The van der Waals surface area contributed by atoms with E-state index in [2.05, 4.69) is 15.1 Å². The van der Waals surface area contributed by atoms with Gasteiger partial charge in [-0.3, -0.25) is 4.90 Å². The molecule has 0 aliphatic carbocycles. The zero-order chi connectivity index (χ0) is 24.3. The predicted octanol–water partition coefficient (Wildman–Crippen LogP) is 2.02. The topological polar surface area (TPSA) is 117 Å². The van der Waals surface area contributed by atoms with E-state index in [4.69, 9.17) is 10.6 Å². The van der Waals surface area contributed by atoms with Gasteiger partial charge >= 0.3 is 6.03 Å². The van der Waals surface area contributed by atoms with E-state index in [0.717, 1.165) is 24.3 Å². The van der Waals surface area contributed by atoms with E-state index < -0.39 is 10.0 Å². The molecule has 1 saturated heterocycles. The van der Waals surface area contributed by atoms with Gasteiger partial charge in [-0.2, -0.15) is 4.31 Å². The summed E-state index contributed by atoms with van der Waals surface area (Å²) in [6.45, 7) is 5.24. The first-order valence-electron chi connectivity index (χ1n) is 11.2. The van der Waals surface area contributed by atoms with Crippen LogP contribution < -0.4 is 21.0 Å². The lowest BCUT2D eigenvalue weighted by atomic mass is 10.1. The minimum absolute atomic E-state index is 0.0799. The molecule has 0 aromatic heterocycles. The molecular weight excluding hydrogens is 458 g/mol. The molecule has 3 N–H and O–H groups in total. The smallest absolute Gasteiger partial charge is 0.326 e. The quantitative estimate of drug-likeness (QED) is 0.572. The normalized spacial score (nSPS) is 18.3. The van der Waals surface area contributed by atoms with E-state index in [1.165, 1.54) is 11.4 Å². The molecule has 0 saturated carbocycles. The molecule has 0 spiro atoms. The number of hydrogen-bond donors (Lipinski definition) is 2. The van der Waals surface area contributed by atoms with E-state index in [-0.39, 0.29) is 30.1 Å². The minimum Gasteiger partial charge on any atom is -0.378 e. The fraction of sp³-hybridized carbons (Fsp3) is 0.435. The minimum atomic E-state index is -3.75. The largest absolute Gasteiger partial charge is 0.378 e. The van der Waals surface area contributed by atoms with Crippen molar-refractivity contribution in [3.8, 4) is 0 Å². The van der Waals surface area contributed by atoms with Gasteiger partial charge in [0.25, 0.3) is 0 Å². The number of morpholine rings is 1. The summed E-state index contributed by atoms with van der Waals surface area (Å²) in [5.74, 6) is 5.03. The molecule has 2 aromatic carbocycles. The van der Waals surface area contributed by atoms with Crippen LogP contribution in [0.4, 0.5) is 21.9 Å². The van der Waals surface area contributed by atoms with Crippen molar-refractivity contribution in [2.45, 2.75) is 24.3 Å². The molecule has 2 aliphatic heterocycles. The number of amides is 2. The van der Waals surface area contributed by atoms with Crippen LogP contribution in [0.3, 0.4) is 0 Å². The van der Waals surface area contributed by atoms with Gasteiger partial charge in [0.2, 0.25) is 10.0 Å². The number of carbonyl (C=O) groups excluding carboxylic acids is 1. The third kappa shape index (κ3) is 5.03. The number of sulfonamides is 1. The molecule has 11 heteroatoms. The summed E-state index contributed by atoms with van der Waals surface area (Å²) < 4.78 is 32.5. The Morgan fingerprint density at radius 2 is 1.91 bits per heavy atom. The summed E-state index contributed by atoms with van der Waals surface area (Å²) in [7, 11) is -2.28. The SMILES string of the molecule is CC1Cc2ccc(S(=O)(=O)N(C)CCON)cc2N1C(=O)Nc1ccc(N2CCOCC2)cc1. The Kier molecular flexibility index (Phi) is 7.39. The maximum Gasteiger partial charge on any atom is 0.326 e. The van der Waals surface area contributed by atoms with E-state index >= 15 is 0 Å². The zero-order valence-corrected chi connectivity index (χ0v) is 20.3. The molecule has 2 aromatic rings. The Labute approximate surface area is 200 Å². The number of hydrogen-bond acceptors (Lipinski definition) is 7. The van der Waals surface area contributed by atoms with Crippen LogP contribution in [-0.4, -0.2) is 71.3 Å². The number of benzene rings is 2. The summed E-state index contributed by atoms with van der Waals surface area (Å²) >= 11 is 0. The molecular formula is C23H31N5O5S. The third-order valence-corrected chi connectivity index (χ3v) is 8.07. The number of anilines is 3. The van der Waals surface area contributed by atoms with Crippen molar-refractivity contribution in [3.63, 3.8) is 0 Å². The van der Waals surface area contributed by atoms with Crippen molar-refractivity contribution in [3.05, 3.63) is 48.0 Å². The van der Waals surface area contributed by atoms with Gasteiger partial charge in [-0.05, 0) is 55.3 Å². The van der Waals surface area contributed by atoms with Gasteiger partial charge in [-0.1, -0.05) is 6.07 Å². The van der Waals surface area contributed by atoms with Crippen LogP contribution >= 0.6 is 0 Å². The van der Waals surface area contributed by atoms with Crippen LogP contribution in [0.1, 0.15) is 12.5 Å². The Hall–Kier alpha value is -2.70. The molecule has 1 unspecified atom stereocenters. The summed E-state index contributed by atoms with van der Waals surface area (Å²) in [6, 6.07) is 12.2. The van der Waals surface area contributed by atoms with Gasteiger partial charge in [0.1, 0.15) is 0 Å². The molecule has 0 bridgehead atoms. The zero-order valence-electron chi connectivity index (χ0n) is 19.4. The maximum atomic E-state index is 13.2. The Balaban J connectivity index is 1.51. The summed E-state index contributed by atoms with van der Waals surface area (Å²) in [4.78, 5) is 21.7. The molecule has 2 amide bonds. The molecule has 4 rings (SSSR count). The van der Waals surface area contributed by atoms with Crippen molar-refractivity contribution in [1.29, 1.82) is 0 Å². The average Bonchev–Trinajstić information content (AvgIpc) is 3.18. The highest BCUT2D eigenvalue weighted by Gasteiger charge is 2.33. The fourth-order valence-corrected chi connectivity index (χ4v) is 5.48. The second-order valence-corrected chi connectivity index (χ2v) is 10.5. The number of nitrogens with two attached hydrogens (primary N) is 1. The lowest BCUT2D eigenvalue weighted by molar-refractivity contribution is 0.122.